The predicted molar refractivity (Wildman–Crippen MR) is 110 cm³/mol. The summed E-state index contributed by atoms with van der Waals surface area (Å²) in [5.41, 5.74) is 4.05. The molecule has 138 valence electrons. The van der Waals surface area contributed by atoms with Crippen molar-refractivity contribution in [1.82, 2.24) is 15.0 Å². The van der Waals surface area contributed by atoms with Crippen LogP contribution in [0.4, 0.5) is 5.82 Å². The lowest BCUT2D eigenvalue weighted by Gasteiger charge is -2.35. The molecule has 3 heterocycles. The Kier molecular flexibility index (Phi) is 5.18. The van der Waals surface area contributed by atoms with E-state index in [1.165, 1.54) is 5.56 Å². The number of aryl methyl sites for hydroxylation is 1. The minimum atomic E-state index is 0.0276. The van der Waals surface area contributed by atoms with Crippen LogP contribution in [0.15, 0.2) is 53.1 Å². The summed E-state index contributed by atoms with van der Waals surface area (Å²) in [4.78, 5) is 16.2. The van der Waals surface area contributed by atoms with Crippen molar-refractivity contribution in [2.75, 3.05) is 24.6 Å². The maximum atomic E-state index is 6.03. The molecule has 0 spiro atoms. The SMILES string of the molecule is Cc1nc(-c2ccccn2)nc(N2CCOC(c3ccc(Br)cc3)C2)c1C. The number of aromatic nitrogens is 3. The molecule has 0 aliphatic carbocycles. The van der Waals surface area contributed by atoms with E-state index in [2.05, 4.69) is 62.0 Å². The fourth-order valence-corrected chi connectivity index (χ4v) is 3.52. The second-order valence-corrected chi connectivity index (χ2v) is 7.57. The number of benzene rings is 1. The molecule has 5 nitrogen and oxygen atoms in total. The van der Waals surface area contributed by atoms with Crippen LogP contribution in [0.3, 0.4) is 0 Å². The summed E-state index contributed by atoms with van der Waals surface area (Å²) in [6.07, 6.45) is 1.80. The van der Waals surface area contributed by atoms with Gasteiger partial charge in [0, 0.05) is 35.0 Å². The maximum absolute atomic E-state index is 6.03. The first-order chi connectivity index (χ1) is 13.1. The molecule has 1 unspecified atom stereocenters. The number of pyridine rings is 1. The molecule has 2 aromatic heterocycles. The van der Waals surface area contributed by atoms with Crippen LogP contribution in [0.25, 0.3) is 11.5 Å². The number of anilines is 1. The molecule has 1 aromatic carbocycles. The first-order valence-electron chi connectivity index (χ1n) is 9.00. The molecule has 0 saturated carbocycles. The lowest BCUT2D eigenvalue weighted by molar-refractivity contribution is 0.0395. The van der Waals surface area contributed by atoms with E-state index in [1.807, 2.05) is 25.1 Å². The average molecular weight is 425 g/mol. The Balaban J connectivity index is 1.66. The van der Waals surface area contributed by atoms with Gasteiger partial charge in [-0.25, -0.2) is 9.97 Å². The second-order valence-electron chi connectivity index (χ2n) is 6.65. The molecule has 3 aromatic rings. The van der Waals surface area contributed by atoms with Crippen LogP contribution in [0.2, 0.25) is 0 Å². The Hall–Kier alpha value is -2.31. The van der Waals surface area contributed by atoms with Crippen molar-refractivity contribution >= 4 is 21.7 Å². The maximum Gasteiger partial charge on any atom is 0.180 e. The van der Waals surface area contributed by atoms with Gasteiger partial charge in [-0.1, -0.05) is 34.1 Å². The summed E-state index contributed by atoms with van der Waals surface area (Å²) in [6, 6.07) is 14.1. The Morgan fingerprint density at radius 1 is 1.07 bits per heavy atom. The van der Waals surface area contributed by atoms with Crippen molar-refractivity contribution in [3.63, 3.8) is 0 Å². The Bertz CT molecular complexity index is 931. The van der Waals surface area contributed by atoms with Crippen molar-refractivity contribution in [2.45, 2.75) is 20.0 Å². The van der Waals surface area contributed by atoms with E-state index in [4.69, 9.17) is 9.72 Å². The Morgan fingerprint density at radius 2 is 1.89 bits per heavy atom. The van der Waals surface area contributed by atoms with Crippen LogP contribution in [-0.2, 0) is 4.74 Å². The molecule has 1 fully saturated rings. The van der Waals surface area contributed by atoms with Crippen molar-refractivity contribution in [3.8, 4) is 11.5 Å². The zero-order valence-corrected chi connectivity index (χ0v) is 17.0. The molecule has 1 saturated heterocycles. The van der Waals surface area contributed by atoms with Crippen molar-refractivity contribution in [3.05, 3.63) is 70.0 Å². The number of rotatable bonds is 3. The Labute approximate surface area is 167 Å². The third-order valence-corrected chi connectivity index (χ3v) is 5.39. The lowest BCUT2D eigenvalue weighted by Crippen LogP contribution is -2.39. The van der Waals surface area contributed by atoms with Crippen LogP contribution in [-0.4, -0.2) is 34.6 Å². The van der Waals surface area contributed by atoms with Crippen molar-refractivity contribution in [1.29, 1.82) is 0 Å². The van der Waals surface area contributed by atoms with Crippen LogP contribution >= 0.6 is 15.9 Å². The number of hydrogen-bond donors (Lipinski definition) is 0. The van der Waals surface area contributed by atoms with Gasteiger partial charge in [-0.05, 0) is 43.7 Å². The third-order valence-electron chi connectivity index (χ3n) is 4.87. The lowest BCUT2D eigenvalue weighted by atomic mass is 10.1. The van der Waals surface area contributed by atoms with Crippen LogP contribution in [0, 0.1) is 13.8 Å². The van der Waals surface area contributed by atoms with Gasteiger partial charge < -0.3 is 9.64 Å². The van der Waals surface area contributed by atoms with Gasteiger partial charge in [0.1, 0.15) is 17.6 Å². The number of morpholine rings is 1. The first kappa shape index (κ1) is 18.1. The van der Waals surface area contributed by atoms with Gasteiger partial charge in [0.25, 0.3) is 0 Å². The van der Waals surface area contributed by atoms with E-state index in [0.29, 0.717) is 12.4 Å². The molecular weight excluding hydrogens is 404 g/mol. The molecule has 1 aliphatic heterocycles. The number of hydrogen-bond acceptors (Lipinski definition) is 5. The summed E-state index contributed by atoms with van der Waals surface area (Å²) in [5, 5.41) is 0. The van der Waals surface area contributed by atoms with Crippen molar-refractivity contribution < 1.29 is 4.74 Å². The highest BCUT2D eigenvalue weighted by Gasteiger charge is 2.25. The fourth-order valence-electron chi connectivity index (χ4n) is 3.25. The summed E-state index contributed by atoms with van der Waals surface area (Å²) >= 11 is 3.49. The molecule has 0 bridgehead atoms. The minimum Gasteiger partial charge on any atom is -0.370 e. The molecule has 1 aliphatic rings. The van der Waals surface area contributed by atoms with Crippen LogP contribution < -0.4 is 4.90 Å². The third kappa shape index (κ3) is 3.87. The van der Waals surface area contributed by atoms with E-state index in [0.717, 1.165) is 40.3 Å². The quantitative estimate of drug-likeness (QED) is 0.619. The van der Waals surface area contributed by atoms with E-state index < -0.39 is 0 Å². The fraction of sp³-hybridized carbons (Fsp3) is 0.286. The van der Waals surface area contributed by atoms with E-state index in [9.17, 15) is 0 Å². The number of nitrogens with zero attached hydrogens (tertiary/aromatic N) is 4. The summed E-state index contributed by atoms with van der Waals surface area (Å²) in [6.45, 7) is 6.35. The van der Waals surface area contributed by atoms with E-state index in [-0.39, 0.29) is 6.10 Å². The highest BCUT2D eigenvalue weighted by molar-refractivity contribution is 9.10. The van der Waals surface area contributed by atoms with Crippen LogP contribution in [0.1, 0.15) is 22.9 Å². The predicted octanol–water partition coefficient (Wildman–Crippen LogP) is 4.50. The largest absolute Gasteiger partial charge is 0.370 e. The van der Waals surface area contributed by atoms with Gasteiger partial charge in [-0.15, -0.1) is 0 Å². The number of ether oxygens (including phenoxy) is 1. The first-order valence-corrected chi connectivity index (χ1v) is 9.80. The molecule has 27 heavy (non-hydrogen) atoms. The highest BCUT2D eigenvalue weighted by atomic mass is 79.9. The van der Waals surface area contributed by atoms with Gasteiger partial charge >= 0.3 is 0 Å². The van der Waals surface area contributed by atoms with Gasteiger partial charge in [0.15, 0.2) is 5.82 Å². The topological polar surface area (TPSA) is 51.1 Å². The van der Waals surface area contributed by atoms with Crippen LogP contribution in [0.5, 0.6) is 0 Å². The molecule has 0 radical (unpaired) electrons. The monoisotopic (exact) mass is 424 g/mol. The molecule has 0 N–H and O–H groups in total. The normalized spacial score (nSPS) is 17.1. The average Bonchev–Trinajstić information content (AvgIpc) is 2.71. The Morgan fingerprint density at radius 3 is 2.63 bits per heavy atom. The minimum absolute atomic E-state index is 0.0276. The van der Waals surface area contributed by atoms with E-state index >= 15 is 0 Å². The van der Waals surface area contributed by atoms with Gasteiger partial charge in [-0.3, -0.25) is 4.98 Å². The van der Waals surface area contributed by atoms with Gasteiger partial charge in [0.2, 0.25) is 0 Å². The molecule has 1 atom stereocenters. The van der Waals surface area contributed by atoms with Gasteiger partial charge in [0.05, 0.1) is 6.61 Å². The highest BCUT2D eigenvalue weighted by Crippen LogP contribution is 2.29. The molecular formula is C21H21BrN4O. The van der Waals surface area contributed by atoms with Gasteiger partial charge in [-0.2, -0.15) is 0 Å². The summed E-state index contributed by atoms with van der Waals surface area (Å²) in [7, 11) is 0. The standard InChI is InChI=1S/C21H21BrN4O/c1-14-15(2)24-20(18-5-3-4-10-23-18)25-21(14)26-11-12-27-19(13-26)16-6-8-17(22)9-7-16/h3-10,19H,11-13H2,1-2H3. The second kappa shape index (κ2) is 7.74. The van der Waals surface area contributed by atoms with Crippen molar-refractivity contribution in [2.24, 2.45) is 0 Å². The zero-order chi connectivity index (χ0) is 18.8. The summed E-state index contributed by atoms with van der Waals surface area (Å²) in [5.74, 6) is 1.63. The zero-order valence-electron chi connectivity index (χ0n) is 15.4. The number of halogens is 1. The van der Waals surface area contributed by atoms with E-state index in [1.54, 1.807) is 6.20 Å². The summed E-state index contributed by atoms with van der Waals surface area (Å²) < 4.78 is 7.10. The molecule has 0 amide bonds. The molecule has 6 heteroatoms. The molecule has 4 rings (SSSR count). The smallest absolute Gasteiger partial charge is 0.180 e.